The predicted molar refractivity (Wildman–Crippen MR) is 74.6 cm³/mol. The first-order valence-electron chi connectivity index (χ1n) is 7.22. The summed E-state index contributed by atoms with van der Waals surface area (Å²) in [6, 6.07) is 7.24. The van der Waals surface area contributed by atoms with Crippen LogP contribution in [0.4, 0.5) is 0 Å². The van der Waals surface area contributed by atoms with Gasteiger partial charge in [-0.05, 0) is 67.1 Å². The summed E-state index contributed by atoms with van der Waals surface area (Å²) < 4.78 is 0. The van der Waals surface area contributed by atoms with Crippen molar-refractivity contribution in [3.63, 3.8) is 0 Å². The molecule has 96 valence electrons. The summed E-state index contributed by atoms with van der Waals surface area (Å²) >= 11 is 6.17. The molecule has 18 heavy (non-hydrogen) atoms. The lowest BCUT2D eigenvalue weighted by Gasteiger charge is -2.11. The van der Waals surface area contributed by atoms with Gasteiger partial charge in [0, 0.05) is 17.6 Å². The summed E-state index contributed by atoms with van der Waals surface area (Å²) in [6.45, 7) is 3.04. The molecule has 0 radical (unpaired) electrons. The maximum absolute atomic E-state index is 6.17. The second-order valence-corrected chi connectivity index (χ2v) is 6.89. The summed E-state index contributed by atoms with van der Waals surface area (Å²) in [4.78, 5) is 0. The van der Waals surface area contributed by atoms with Crippen LogP contribution in [0.5, 0.6) is 0 Å². The van der Waals surface area contributed by atoms with E-state index in [1.54, 1.807) is 0 Å². The Labute approximate surface area is 114 Å². The molecule has 0 heterocycles. The van der Waals surface area contributed by atoms with Crippen molar-refractivity contribution in [2.45, 2.75) is 38.8 Å². The molecule has 3 saturated carbocycles. The van der Waals surface area contributed by atoms with Crippen molar-refractivity contribution in [3.8, 4) is 0 Å². The lowest BCUT2D eigenvalue weighted by molar-refractivity contribution is 0.456. The molecule has 4 atom stereocenters. The van der Waals surface area contributed by atoms with Gasteiger partial charge in [-0.3, -0.25) is 0 Å². The molecule has 1 aromatic rings. The molecule has 1 N–H and O–H groups in total. The lowest BCUT2D eigenvalue weighted by atomic mass is 10.0. The molecule has 0 amide bonds. The van der Waals surface area contributed by atoms with Gasteiger partial charge in [-0.25, -0.2) is 0 Å². The van der Waals surface area contributed by atoms with Gasteiger partial charge in [0.15, 0.2) is 0 Å². The number of hydrogen-bond donors (Lipinski definition) is 1. The van der Waals surface area contributed by atoms with E-state index in [1.165, 1.54) is 30.4 Å². The highest BCUT2D eigenvalue weighted by atomic mass is 35.5. The Balaban J connectivity index is 1.39. The SMILES string of the molecule is Cc1ccc(CNC2C3C4CCC(C4)C23)cc1Cl. The Morgan fingerprint density at radius 2 is 1.94 bits per heavy atom. The molecule has 3 aliphatic rings. The van der Waals surface area contributed by atoms with Crippen molar-refractivity contribution in [3.05, 3.63) is 34.3 Å². The van der Waals surface area contributed by atoms with Gasteiger partial charge in [0.25, 0.3) is 0 Å². The lowest BCUT2D eigenvalue weighted by Crippen LogP contribution is -2.22. The van der Waals surface area contributed by atoms with E-state index in [-0.39, 0.29) is 0 Å². The molecule has 0 aliphatic heterocycles. The highest BCUT2D eigenvalue weighted by Crippen LogP contribution is 2.65. The topological polar surface area (TPSA) is 12.0 Å². The van der Waals surface area contributed by atoms with Crippen LogP contribution >= 0.6 is 11.6 Å². The molecule has 4 unspecified atom stereocenters. The summed E-state index contributed by atoms with van der Waals surface area (Å²) in [5.41, 5.74) is 2.49. The number of aryl methyl sites for hydroxylation is 1. The Hall–Kier alpha value is -0.530. The quantitative estimate of drug-likeness (QED) is 0.873. The van der Waals surface area contributed by atoms with Gasteiger partial charge in [-0.1, -0.05) is 23.7 Å². The number of hydrogen-bond acceptors (Lipinski definition) is 1. The fourth-order valence-corrected chi connectivity index (χ4v) is 4.78. The molecule has 2 heteroatoms. The van der Waals surface area contributed by atoms with E-state index in [0.717, 1.165) is 41.3 Å². The average Bonchev–Trinajstić information content (AvgIpc) is 2.76. The number of fused-ring (bicyclic) bond motifs is 5. The first-order valence-corrected chi connectivity index (χ1v) is 7.60. The van der Waals surface area contributed by atoms with E-state index in [4.69, 9.17) is 11.6 Å². The third kappa shape index (κ3) is 1.64. The highest BCUT2D eigenvalue weighted by molar-refractivity contribution is 6.31. The van der Waals surface area contributed by atoms with E-state index >= 15 is 0 Å². The molecule has 1 aromatic carbocycles. The average molecular weight is 262 g/mol. The van der Waals surface area contributed by atoms with Crippen LogP contribution in [0.15, 0.2) is 18.2 Å². The molecular weight excluding hydrogens is 242 g/mol. The third-order valence-corrected chi connectivity index (χ3v) is 5.92. The van der Waals surface area contributed by atoms with Crippen LogP contribution in [-0.2, 0) is 6.54 Å². The molecule has 1 nitrogen and oxygen atoms in total. The van der Waals surface area contributed by atoms with Crippen molar-refractivity contribution in [1.29, 1.82) is 0 Å². The van der Waals surface area contributed by atoms with Gasteiger partial charge in [-0.15, -0.1) is 0 Å². The normalized spacial score (nSPS) is 40.0. The fourth-order valence-electron chi connectivity index (χ4n) is 4.58. The van der Waals surface area contributed by atoms with Crippen LogP contribution in [0.1, 0.15) is 30.4 Å². The first-order chi connectivity index (χ1) is 8.74. The smallest absolute Gasteiger partial charge is 0.0438 e. The van der Waals surface area contributed by atoms with Crippen molar-refractivity contribution in [2.75, 3.05) is 0 Å². The fraction of sp³-hybridized carbons (Fsp3) is 0.625. The minimum absolute atomic E-state index is 0.816. The second kappa shape index (κ2) is 3.98. The number of nitrogens with one attached hydrogen (secondary N) is 1. The molecule has 2 bridgehead atoms. The van der Waals surface area contributed by atoms with Gasteiger partial charge in [0.1, 0.15) is 0 Å². The zero-order chi connectivity index (χ0) is 12.3. The van der Waals surface area contributed by atoms with Crippen molar-refractivity contribution in [2.24, 2.45) is 23.7 Å². The maximum atomic E-state index is 6.17. The summed E-state index contributed by atoms with van der Waals surface area (Å²) in [7, 11) is 0. The number of halogens is 1. The predicted octanol–water partition coefficient (Wildman–Crippen LogP) is 3.78. The van der Waals surface area contributed by atoms with Crippen molar-refractivity contribution in [1.82, 2.24) is 5.32 Å². The third-order valence-electron chi connectivity index (χ3n) is 5.51. The van der Waals surface area contributed by atoms with Crippen LogP contribution in [0.25, 0.3) is 0 Å². The summed E-state index contributed by atoms with van der Waals surface area (Å²) in [6.07, 6.45) is 4.53. The molecule has 3 fully saturated rings. The summed E-state index contributed by atoms with van der Waals surface area (Å²) in [5.74, 6) is 4.15. The van der Waals surface area contributed by atoms with Gasteiger partial charge < -0.3 is 5.32 Å². The van der Waals surface area contributed by atoms with Crippen LogP contribution in [0, 0.1) is 30.6 Å². The van der Waals surface area contributed by atoms with E-state index in [1.807, 2.05) is 0 Å². The van der Waals surface area contributed by atoms with Crippen LogP contribution in [0.3, 0.4) is 0 Å². The molecule has 3 aliphatic carbocycles. The maximum Gasteiger partial charge on any atom is 0.0438 e. The Bertz CT molecular complexity index is 468. The van der Waals surface area contributed by atoms with Gasteiger partial charge in [0.05, 0.1) is 0 Å². The molecule has 0 saturated heterocycles. The number of benzene rings is 1. The number of rotatable bonds is 3. The second-order valence-electron chi connectivity index (χ2n) is 6.48. The van der Waals surface area contributed by atoms with Crippen LogP contribution in [-0.4, -0.2) is 6.04 Å². The molecular formula is C16H20ClN. The molecule has 4 rings (SSSR count). The Morgan fingerprint density at radius 3 is 2.61 bits per heavy atom. The van der Waals surface area contributed by atoms with Gasteiger partial charge in [-0.2, -0.15) is 0 Å². The van der Waals surface area contributed by atoms with Crippen molar-refractivity contribution >= 4 is 11.6 Å². The minimum Gasteiger partial charge on any atom is -0.309 e. The molecule has 0 spiro atoms. The van der Waals surface area contributed by atoms with E-state index < -0.39 is 0 Å². The Kier molecular flexibility index (Phi) is 2.50. The molecule has 0 aromatic heterocycles. The summed E-state index contributed by atoms with van der Waals surface area (Å²) in [5, 5.41) is 4.66. The van der Waals surface area contributed by atoms with Crippen molar-refractivity contribution < 1.29 is 0 Å². The standard InChI is InChI=1S/C16H20ClN/c1-9-2-3-10(6-13(9)17)8-18-16-14-11-4-5-12(7-11)15(14)16/h2-3,6,11-12,14-16,18H,4-5,7-8H2,1H3. The van der Waals surface area contributed by atoms with E-state index in [9.17, 15) is 0 Å². The highest BCUT2D eigenvalue weighted by Gasteiger charge is 2.64. The van der Waals surface area contributed by atoms with E-state index in [0.29, 0.717) is 0 Å². The van der Waals surface area contributed by atoms with Crippen LogP contribution in [0.2, 0.25) is 5.02 Å². The largest absolute Gasteiger partial charge is 0.309 e. The van der Waals surface area contributed by atoms with E-state index in [2.05, 4.69) is 30.4 Å². The first kappa shape index (κ1) is 11.3. The minimum atomic E-state index is 0.816. The Morgan fingerprint density at radius 1 is 1.22 bits per heavy atom. The van der Waals surface area contributed by atoms with Crippen LogP contribution < -0.4 is 5.32 Å². The zero-order valence-electron chi connectivity index (χ0n) is 10.8. The monoisotopic (exact) mass is 261 g/mol. The van der Waals surface area contributed by atoms with Gasteiger partial charge >= 0.3 is 0 Å². The van der Waals surface area contributed by atoms with Gasteiger partial charge in [0.2, 0.25) is 0 Å². The zero-order valence-corrected chi connectivity index (χ0v) is 11.6.